The quantitative estimate of drug-likeness (QED) is 0.240. The highest BCUT2D eigenvalue weighted by molar-refractivity contribution is 14.0. The number of nitrogens with zero attached hydrogens (tertiary/aromatic N) is 2. The standard InChI is InChI=1S/C24H33N5O3.HI/c1-4-25-23(27-20-11-12-21(31-3)22(16-20)32-5-2)26-17-18-9-8-10-19(15-18)28-24(30)29-13-6-7-14-29;/h8-12,15-16H,4-7,13-14,17H2,1-3H3,(H,28,30)(H2,25,26,27);1H. The third-order valence-corrected chi connectivity index (χ3v) is 5.06. The van der Waals surface area contributed by atoms with E-state index >= 15 is 0 Å². The first kappa shape index (κ1) is 26.6. The SMILES string of the molecule is CCNC(=NCc1cccc(NC(=O)N2CCCC2)c1)Nc1ccc(OC)c(OCC)c1.I. The molecule has 3 rings (SSSR count). The van der Waals surface area contributed by atoms with Crippen molar-refractivity contribution in [3.8, 4) is 11.5 Å². The number of hydrogen-bond acceptors (Lipinski definition) is 4. The summed E-state index contributed by atoms with van der Waals surface area (Å²) >= 11 is 0. The second-order valence-electron chi connectivity index (χ2n) is 7.44. The Morgan fingerprint density at radius 3 is 2.48 bits per heavy atom. The molecular weight excluding hydrogens is 533 g/mol. The molecule has 1 saturated heterocycles. The van der Waals surface area contributed by atoms with Gasteiger partial charge in [0.1, 0.15) is 0 Å². The van der Waals surface area contributed by atoms with Gasteiger partial charge in [0.05, 0.1) is 20.3 Å². The fourth-order valence-electron chi connectivity index (χ4n) is 3.51. The molecule has 0 aliphatic carbocycles. The van der Waals surface area contributed by atoms with Gasteiger partial charge < -0.3 is 30.3 Å². The molecule has 8 nitrogen and oxygen atoms in total. The number of rotatable bonds is 8. The van der Waals surface area contributed by atoms with Crippen molar-refractivity contribution in [2.24, 2.45) is 4.99 Å². The second kappa shape index (κ2) is 13.8. The highest BCUT2D eigenvalue weighted by atomic mass is 127. The molecule has 1 heterocycles. The molecule has 0 saturated carbocycles. The summed E-state index contributed by atoms with van der Waals surface area (Å²) in [4.78, 5) is 18.9. The van der Waals surface area contributed by atoms with Crippen LogP contribution in [-0.2, 0) is 6.54 Å². The van der Waals surface area contributed by atoms with E-state index in [1.807, 2.05) is 61.2 Å². The lowest BCUT2D eigenvalue weighted by molar-refractivity contribution is 0.222. The zero-order valence-electron chi connectivity index (χ0n) is 19.5. The fraction of sp³-hybridized carbons (Fsp3) is 0.417. The number of aliphatic imine (C=N–C) groups is 1. The summed E-state index contributed by atoms with van der Waals surface area (Å²) < 4.78 is 11.0. The summed E-state index contributed by atoms with van der Waals surface area (Å²) in [6.07, 6.45) is 2.14. The van der Waals surface area contributed by atoms with Gasteiger partial charge >= 0.3 is 6.03 Å². The van der Waals surface area contributed by atoms with Crippen molar-refractivity contribution in [2.45, 2.75) is 33.2 Å². The Bertz CT molecular complexity index is 932. The molecule has 0 spiro atoms. The lowest BCUT2D eigenvalue weighted by atomic mass is 10.2. The fourth-order valence-corrected chi connectivity index (χ4v) is 3.51. The lowest BCUT2D eigenvalue weighted by Crippen LogP contribution is -2.32. The van der Waals surface area contributed by atoms with Gasteiger partial charge in [-0.15, -0.1) is 24.0 Å². The van der Waals surface area contributed by atoms with Crippen LogP contribution in [0.5, 0.6) is 11.5 Å². The summed E-state index contributed by atoms with van der Waals surface area (Å²) in [5.41, 5.74) is 2.64. The molecule has 0 atom stereocenters. The van der Waals surface area contributed by atoms with Crippen LogP contribution in [0.15, 0.2) is 47.5 Å². The zero-order chi connectivity index (χ0) is 22.8. The molecule has 180 valence electrons. The van der Waals surface area contributed by atoms with E-state index in [0.717, 1.165) is 49.4 Å². The first-order chi connectivity index (χ1) is 15.6. The van der Waals surface area contributed by atoms with Crippen molar-refractivity contribution in [1.82, 2.24) is 10.2 Å². The number of hydrogen-bond donors (Lipinski definition) is 3. The van der Waals surface area contributed by atoms with E-state index in [4.69, 9.17) is 14.5 Å². The van der Waals surface area contributed by atoms with Crippen LogP contribution >= 0.6 is 24.0 Å². The van der Waals surface area contributed by atoms with Gasteiger partial charge in [-0.05, 0) is 56.5 Å². The topological polar surface area (TPSA) is 87.2 Å². The van der Waals surface area contributed by atoms with Gasteiger partial charge in [-0.1, -0.05) is 12.1 Å². The van der Waals surface area contributed by atoms with E-state index in [2.05, 4.69) is 16.0 Å². The van der Waals surface area contributed by atoms with Crippen LogP contribution in [0.2, 0.25) is 0 Å². The van der Waals surface area contributed by atoms with Crippen LogP contribution < -0.4 is 25.4 Å². The number of urea groups is 1. The summed E-state index contributed by atoms with van der Waals surface area (Å²) in [5, 5.41) is 9.55. The number of benzene rings is 2. The molecule has 1 aliphatic rings. The third-order valence-electron chi connectivity index (χ3n) is 5.06. The number of halogens is 1. The molecule has 33 heavy (non-hydrogen) atoms. The number of anilines is 2. The van der Waals surface area contributed by atoms with Crippen molar-refractivity contribution >= 4 is 47.3 Å². The maximum absolute atomic E-state index is 12.3. The van der Waals surface area contributed by atoms with Gasteiger partial charge in [-0.3, -0.25) is 0 Å². The van der Waals surface area contributed by atoms with Crippen LogP contribution in [0, 0.1) is 0 Å². The van der Waals surface area contributed by atoms with Gasteiger partial charge in [0.25, 0.3) is 0 Å². The Hall–Kier alpha value is -2.69. The molecule has 2 amide bonds. The molecule has 9 heteroatoms. The summed E-state index contributed by atoms with van der Waals surface area (Å²) in [6.45, 7) is 7.36. The monoisotopic (exact) mass is 567 g/mol. The third kappa shape index (κ3) is 7.99. The largest absolute Gasteiger partial charge is 0.493 e. The predicted molar refractivity (Wildman–Crippen MR) is 144 cm³/mol. The number of carbonyl (C=O) groups excluding carboxylic acids is 1. The summed E-state index contributed by atoms with van der Waals surface area (Å²) in [5.74, 6) is 2.02. The van der Waals surface area contributed by atoms with E-state index in [0.29, 0.717) is 30.6 Å². The number of ether oxygens (including phenoxy) is 2. The van der Waals surface area contributed by atoms with Crippen LogP contribution in [0.25, 0.3) is 0 Å². The van der Waals surface area contributed by atoms with E-state index in [1.54, 1.807) is 7.11 Å². The van der Waals surface area contributed by atoms with Crippen LogP contribution in [-0.4, -0.2) is 50.2 Å². The van der Waals surface area contributed by atoms with Crippen LogP contribution in [0.4, 0.5) is 16.2 Å². The van der Waals surface area contributed by atoms with Crippen molar-refractivity contribution in [1.29, 1.82) is 0 Å². The molecule has 0 unspecified atom stereocenters. The van der Waals surface area contributed by atoms with E-state index in [-0.39, 0.29) is 30.0 Å². The Morgan fingerprint density at radius 2 is 1.79 bits per heavy atom. The average molecular weight is 567 g/mol. The van der Waals surface area contributed by atoms with Gasteiger partial charge in [-0.2, -0.15) is 0 Å². The Balaban J connectivity index is 0.00000385. The molecular formula is C24H34IN5O3. The maximum atomic E-state index is 12.3. The normalized spacial score (nSPS) is 13.2. The number of likely N-dealkylation sites (tertiary alicyclic amines) is 1. The minimum atomic E-state index is -0.0391. The minimum absolute atomic E-state index is 0. The van der Waals surface area contributed by atoms with E-state index in [9.17, 15) is 4.79 Å². The predicted octanol–water partition coefficient (Wildman–Crippen LogP) is 4.92. The lowest BCUT2D eigenvalue weighted by Gasteiger charge is -2.16. The van der Waals surface area contributed by atoms with Crippen LogP contribution in [0.3, 0.4) is 0 Å². The van der Waals surface area contributed by atoms with Crippen molar-refractivity contribution in [3.05, 3.63) is 48.0 Å². The average Bonchev–Trinajstić information content (AvgIpc) is 3.34. The second-order valence-corrected chi connectivity index (χ2v) is 7.44. The first-order valence-corrected chi connectivity index (χ1v) is 11.1. The number of methoxy groups -OCH3 is 1. The molecule has 3 N–H and O–H groups in total. The summed E-state index contributed by atoms with van der Waals surface area (Å²) in [6, 6.07) is 13.4. The molecule has 1 fully saturated rings. The number of carbonyl (C=O) groups is 1. The Morgan fingerprint density at radius 1 is 1.03 bits per heavy atom. The molecule has 0 bridgehead atoms. The first-order valence-electron chi connectivity index (χ1n) is 11.1. The number of nitrogens with one attached hydrogen (secondary N) is 3. The minimum Gasteiger partial charge on any atom is -0.493 e. The highest BCUT2D eigenvalue weighted by Crippen LogP contribution is 2.30. The Labute approximate surface area is 213 Å². The Kier molecular flexibility index (Phi) is 11.1. The maximum Gasteiger partial charge on any atom is 0.321 e. The number of amides is 2. The van der Waals surface area contributed by atoms with Crippen molar-refractivity contribution < 1.29 is 14.3 Å². The molecule has 2 aromatic rings. The van der Waals surface area contributed by atoms with Gasteiger partial charge in [0, 0.05) is 37.1 Å². The molecule has 2 aromatic carbocycles. The van der Waals surface area contributed by atoms with Gasteiger partial charge in [0.2, 0.25) is 0 Å². The highest BCUT2D eigenvalue weighted by Gasteiger charge is 2.17. The number of guanidine groups is 1. The van der Waals surface area contributed by atoms with E-state index < -0.39 is 0 Å². The van der Waals surface area contributed by atoms with Gasteiger partial charge in [-0.25, -0.2) is 9.79 Å². The molecule has 1 aliphatic heterocycles. The van der Waals surface area contributed by atoms with E-state index in [1.165, 1.54) is 0 Å². The molecule has 0 aromatic heterocycles. The van der Waals surface area contributed by atoms with Crippen LogP contribution in [0.1, 0.15) is 32.3 Å². The zero-order valence-corrected chi connectivity index (χ0v) is 21.8. The smallest absolute Gasteiger partial charge is 0.321 e. The van der Waals surface area contributed by atoms with Crippen molar-refractivity contribution in [2.75, 3.05) is 44.0 Å². The molecule has 0 radical (unpaired) electrons. The summed E-state index contributed by atoms with van der Waals surface area (Å²) in [7, 11) is 1.62. The van der Waals surface area contributed by atoms with Gasteiger partial charge in [0.15, 0.2) is 17.5 Å². The van der Waals surface area contributed by atoms with Crippen molar-refractivity contribution in [3.63, 3.8) is 0 Å².